The summed E-state index contributed by atoms with van der Waals surface area (Å²) in [5.74, 6) is 0.767. The van der Waals surface area contributed by atoms with E-state index in [0.29, 0.717) is 6.04 Å². The highest BCUT2D eigenvalue weighted by Crippen LogP contribution is 2.25. The van der Waals surface area contributed by atoms with Crippen LogP contribution in [-0.4, -0.2) is 21.7 Å². The number of nitrogens with one attached hydrogen (secondary N) is 1. The monoisotopic (exact) mass is 235 g/mol. The van der Waals surface area contributed by atoms with Crippen molar-refractivity contribution < 1.29 is 4.79 Å². The van der Waals surface area contributed by atoms with E-state index in [1.54, 1.807) is 4.68 Å². The first-order valence-corrected chi connectivity index (χ1v) is 6.30. The van der Waals surface area contributed by atoms with Gasteiger partial charge < -0.3 is 5.32 Å². The topological polar surface area (TPSA) is 46.9 Å². The van der Waals surface area contributed by atoms with Crippen molar-refractivity contribution in [3.8, 4) is 0 Å². The highest BCUT2D eigenvalue weighted by Gasteiger charge is 2.25. The number of nitrogens with zero attached hydrogens (tertiary/aromatic N) is 2. The molecule has 2 unspecified atom stereocenters. The zero-order chi connectivity index (χ0) is 12.6. The molecule has 17 heavy (non-hydrogen) atoms. The summed E-state index contributed by atoms with van der Waals surface area (Å²) in [7, 11) is 1.87. The maximum Gasteiger partial charge on any atom is 0.255 e. The molecule has 1 fully saturated rings. The Morgan fingerprint density at radius 2 is 2.12 bits per heavy atom. The number of hydrogen-bond acceptors (Lipinski definition) is 2. The van der Waals surface area contributed by atoms with Gasteiger partial charge in [0.25, 0.3) is 5.91 Å². The normalized spacial score (nSPS) is 24.0. The molecule has 0 aromatic carbocycles. The van der Waals surface area contributed by atoms with Crippen LogP contribution < -0.4 is 5.32 Å². The third-order valence-corrected chi connectivity index (χ3v) is 3.77. The first kappa shape index (κ1) is 12.1. The van der Waals surface area contributed by atoms with Gasteiger partial charge in [-0.15, -0.1) is 0 Å². The van der Waals surface area contributed by atoms with Gasteiger partial charge in [-0.2, -0.15) is 5.10 Å². The van der Waals surface area contributed by atoms with Crippen LogP contribution in [0.5, 0.6) is 0 Å². The van der Waals surface area contributed by atoms with Gasteiger partial charge in [0.2, 0.25) is 0 Å². The molecule has 0 bridgehead atoms. The quantitative estimate of drug-likeness (QED) is 0.851. The molecular weight excluding hydrogens is 214 g/mol. The number of aromatic nitrogens is 2. The van der Waals surface area contributed by atoms with Crippen LogP contribution in [0.25, 0.3) is 0 Å². The van der Waals surface area contributed by atoms with E-state index in [1.165, 1.54) is 6.42 Å². The summed E-state index contributed by atoms with van der Waals surface area (Å²) in [4.78, 5) is 12.2. The number of aryl methyl sites for hydroxylation is 2. The molecule has 1 amide bonds. The van der Waals surface area contributed by atoms with E-state index in [2.05, 4.69) is 17.3 Å². The fourth-order valence-electron chi connectivity index (χ4n) is 2.70. The standard InChI is InChI=1S/C13H21N3O/c1-8-5-6-11(7-8)14-13(17)12-9(2)15-16(4)10(12)3/h8,11H,5-7H2,1-4H3,(H,14,17). The minimum atomic E-state index is 0.0344. The van der Waals surface area contributed by atoms with Crippen molar-refractivity contribution in [2.75, 3.05) is 0 Å². The number of rotatable bonds is 2. The van der Waals surface area contributed by atoms with Crippen LogP contribution in [0.15, 0.2) is 0 Å². The highest BCUT2D eigenvalue weighted by atomic mass is 16.1. The van der Waals surface area contributed by atoms with Crippen LogP contribution in [0.4, 0.5) is 0 Å². The SMILES string of the molecule is Cc1nn(C)c(C)c1C(=O)NC1CCC(C)C1. The average molecular weight is 235 g/mol. The molecule has 1 aliphatic rings. The van der Waals surface area contributed by atoms with Crippen LogP contribution in [0.1, 0.15) is 47.9 Å². The molecule has 2 rings (SSSR count). The molecule has 2 atom stereocenters. The summed E-state index contributed by atoms with van der Waals surface area (Å²) in [5, 5.41) is 7.41. The van der Waals surface area contributed by atoms with Crippen LogP contribution in [0.3, 0.4) is 0 Å². The maximum absolute atomic E-state index is 12.2. The second-order valence-electron chi connectivity index (χ2n) is 5.26. The zero-order valence-electron chi connectivity index (χ0n) is 11.1. The van der Waals surface area contributed by atoms with Crippen molar-refractivity contribution >= 4 is 5.91 Å². The zero-order valence-corrected chi connectivity index (χ0v) is 11.1. The Morgan fingerprint density at radius 1 is 1.41 bits per heavy atom. The Labute approximate surface area is 102 Å². The van der Waals surface area contributed by atoms with Gasteiger partial charge in [0.1, 0.15) is 0 Å². The third-order valence-electron chi connectivity index (χ3n) is 3.77. The van der Waals surface area contributed by atoms with Gasteiger partial charge in [-0.25, -0.2) is 0 Å². The van der Waals surface area contributed by atoms with Crippen molar-refractivity contribution in [1.29, 1.82) is 0 Å². The minimum absolute atomic E-state index is 0.0344. The number of carbonyl (C=O) groups is 1. The van der Waals surface area contributed by atoms with Crippen molar-refractivity contribution in [3.05, 3.63) is 17.0 Å². The second kappa shape index (κ2) is 4.51. The Bertz CT molecular complexity index is 436. The molecule has 94 valence electrons. The molecule has 1 aromatic rings. The van der Waals surface area contributed by atoms with E-state index in [-0.39, 0.29) is 5.91 Å². The molecule has 1 aromatic heterocycles. The van der Waals surface area contributed by atoms with E-state index in [4.69, 9.17) is 0 Å². The second-order valence-corrected chi connectivity index (χ2v) is 5.26. The summed E-state index contributed by atoms with van der Waals surface area (Å²) in [6.07, 6.45) is 3.42. The lowest BCUT2D eigenvalue weighted by atomic mass is 10.1. The minimum Gasteiger partial charge on any atom is -0.349 e. The maximum atomic E-state index is 12.2. The molecule has 0 saturated heterocycles. The lowest BCUT2D eigenvalue weighted by Crippen LogP contribution is -2.33. The van der Waals surface area contributed by atoms with Crippen LogP contribution in [0.2, 0.25) is 0 Å². The van der Waals surface area contributed by atoms with E-state index in [9.17, 15) is 4.79 Å². The van der Waals surface area contributed by atoms with Gasteiger partial charge in [0, 0.05) is 18.8 Å². The summed E-state index contributed by atoms with van der Waals surface area (Å²) in [6.45, 7) is 6.07. The molecule has 4 nitrogen and oxygen atoms in total. The number of carbonyl (C=O) groups excluding carboxylic acids is 1. The molecule has 1 N–H and O–H groups in total. The smallest absolute Gasteiger partial charge is 0.255 e. The van der Waals surface area contributed by atoms with Crippen molar-refractivity contribution in [2.24, 2.45) is 13.0 Å². The van der Waals surface area contributed by atoms with E-state index in [1.807, 2.05) is 20.9 Å². The Kier molecular flexibility index (Phi) is 3.22. The van der Waals surface area contributed by atoms with Gasteiger partial charge >= 0.3 is 0 Å². The third kappa shape index (κ3) is 2.35. The molecule has 1 saturated carbocycles. The molecular formula is C13H21N3O. The lowest BCUT2D eigenvalue weighted by Gasteiger charge is -2.12. The van der Waals surface area contributed by atoms with E-state index in [0.717, 1.165) is 35.7 Å². The number of hydrogen-bond donors (Lipinski definition) is 1. The summed E-state index contributed by atoms with van der Waals surface area (Å²) < 4.78 is 1.77. The van der Waals surface area contributed by atoms with Gasteiger partial charge in [0.15, 0.2) is 0 Å². The Balaban J connectivity index is 2.09. The predicted molar refractivity (Wildman–Crippen MR) is 67.0 cm³/mol. The summed E-state index contributed by atoms with van der Waals surface area (Å²) in [6, 6.07) is 0.344. The molecule has 1 aliphatic carbocycles. The largest absolute Gasteiger partial charge is 0.349 e. The van der Waals surface area contributed by atoms with Crippen molar-refractivity contribution in [3.63, 3.8) is 0 Å². The fraction of sp³-hybridized carbons (Fsp3) is 0.692. The van der Waals surface area contributed by atoms with Crippen LogP contribution in [-0.2, 0) is 7.05 Å². The van der Waals surface area contributed by atoms with Crippen LogP contribution in [0, 0.1) is 19.8 Å². The first-order chi connectivity index (χ1) is 7.99. The lowest BCUT2D eigenvalue weighted by molar-refractivity contribution is 0.0936. The van der Waals surface area contributed by atoms with Gasteiger partial charge in [0.05, 0.1) is 11.3 Å². The molecule has 1 heterocycles. The van der Waals surface area contributed by atoms with Gasteiger partial charge in [-0.3, -0.25) is 9.48 Å². The first-order valence-electron chi connectivity index (χ1n) is 6.30. The summed E-state index contributed by atoms with van der Waals surface area (Å²) in [5.41, 5.74) is 2.49. The molecule has 0 spiro atoms. The van der Waals surface area contributed by atoms with Crippen molar-refractivity contribution in [2.45, 2.75) is 46.1 Å². The molecule has 0 radical (unpaired) electrons. The number of amides is 1. The van der Waals surface area contributed by atoms with Gasteiger partial charge in [-0.1, -0.05) is 6.92 Å². The summed E-state index contributed by atoms with van der Waals surface area (Å²) >= 11 is 0. The fourth-order valence-corrected chi connectivity index (χ4v) is 2.70. The van der Waals surface area contributed by atoms with Crippen molar-refractivity contribution in [1.82, 2.24) is 15.1 Å². The molecule has 4 heteroatoms. The van der Waals surface area contributed by atoms with Crippen LogP contribution >= 0.6 is 0 Å². The van der Waals surface area contributed by atoms with E-state index < -0.39 is 0 Å². The Morgan fingerprint density at radius 3 is 2.59 bits per heavy atom. The average Bonchev–Trinajstić information content (AvgIpc) is 2.73. The van der Waals surface area contributed by atoms with E-state index >= 15 is 0 Å². The predicted octanol–water partition coefficient (Wildman–Crippen LogP) is 1.96. The highest BCUT2D eigenvalue weighted by molar-refractivity contribution is 5.96. The van der Waals surface area contributed by atoms with Gasteiger partial charge in [-0.05, 0) is 39.0 Å². The molecule has 0 aliphatic heterocycles. The Hall–Kier alpha value is -1.32.